The molecule has 17 heavy (non-hydrogen) atoms. The molecule has 1 saturated heterocycles. The molecule has 92 valence electrons. The highest BCUT2D eigenvalue weighted by atomic mass is 16.6. The number of nitro groups is 1. The molecule has 1 heterocycles. The van der Waals surface area contributed by atoms with Crippen molar-refractivity contribution < 1.29 is 4.92 Å². The summed E-state index contributed by atoms with van der Waals surface area (Å²) in [5.41, 5.74) is 7.34. The van der Waals surface area contributed by atoms with Gasteiger partial charge in [0.2, 0.25) is 0 Å². The van der Waals surface area contributed by atoms with Crippen molar-refractivity contribution in [3.05, 3.63) is 33.9 Å². The van der Waals surface area contributed by atoms with Crippen LogP contribution in [0.4, 0.5) is 11.4 Å². The molecule has 0 amide bonds. The molecule has 1 aliphatic heterocycles. The fourth-order valence-corrected chi connectivity index (χ4v) is 2.51. The van der Waals surface area contributed by atoms with Crippen molar-refractivity contribution in [2.45, 2.75) is 25.8 Å². The van der Waals surface area contributed by atoms with Crippen LogP contribution in [0.5, 0.6) is 0 Å². The number of nitro benzene ring substituents is 1. The molecule has 2 N–H and O–H groups in total. The maximum absolute atomic E-state index is 11.1. The second kappa shape index (κ2) is 4.71. The van der Waals surface area contributed by atoms with Gasteiger partial charge in [-0.05, 0) is 25.8 Å². The van der Waals surface area contributed by atoms with Crippen molar-refractivity contribution in [2.75, 3.05) is 18.0 Å². The van der Waals surface area contributed by atoms with E-state index in [1.807, 2.05) is 12.1 Å². The summed E-state index contributed by atoms with van der Waals surface area (Å²) >= 11 is 0. The number of nitrogens with two attached hydrogens (primary N) is 1. The van der Waals surface area contributed by atoms with E-state index >= 15 is 0 Å². The lowest BCUT2D eigenvalue weighted by atomic mass is 10.1. The Bertz CT molecular complexity index is 434. The third kappa shape index (κ3) is 2.10. The lowest BCUT2D eigenvalue weighted by molar-refractivity contribution is -0.384. The second-order valence-corrected chi connectivity index (χ2v) is 4.42. The van der Waals surface area contributed by atoms with Crippen LogP contribution in [0.2, 0.25) is 0 Å². The number of aryl methyl sites for hydroxylation is 1. The van der Waals surface area contributed by atoms with Crippen LogP contribution in [0.25, 0.3) is 0 Å². The molecule has 1 aromatic carbocycles. The molecule has 5 nitrogen and oxygen atoms in total. The van der Waals surface area contributed by atoms with Crippen LogP contribution < -0.4 is 10.6 Å². The zero-order chi connectivity index (χ0) is 12.4. The third-order valence-electron chi connectivity index (χ3n) is 3.36. The van der Waals surface area contributed by atoms with Gasteiger partial charge in [0.05, 0.1) is 4.92 Å². The van der Waals surface area contributed by atoms with E-state index in [4.69, 9.17) is 5.73 Å². The SMILES string of the molecule is Cc1cccc(N2CCCC2CN)c1[N+](=O)[O-]. The fourth-order valence-electron chi connectivity index (χ4n) is 2.51. The van der Waals surface area contributed by atoms with Crippen LogP contribution in [0.3, 0.4) is 0 Å². The van der Waals surface area contributed by atoms with E-state index in [9.17, 15) is 10.1 Å². The molecule has 1 atom stereocenters. The molecule has 0 spiro atoms. The Balaban J connectivity index is 2.44. The first-order chi connectivity index (χ1) is 8.15. The van der Waals surface area contributed by atoms with E-state index in [1.54, 1.807) is 13.0 Å². The van der Waals surface area contributed by atoms with Gasteiger partial charge in [-0.3, -0.25) is 10.1 Å². The van der Waals surface area contributed by atoms with Crippen molar-refractivity contribution in [2.24, 2.45) is 5.73 Å². The summed E-state index contributed by atoms with van der Waals surface area (Å²) in [5.74, 6) is 0. The summed E-state index contributed by atoms with van der Waals surface area (Å²) in [6.45, 7) is 3.17. The first kappa shape index (κ1) is 11.9. The number of hydrogen-bond donors (Lipinski definition) is 1. The Morgan fingerprint density at radius 1 is 1.59 bits per heavy atom. The van der Waals surface area contributed by atoms with Crippen molar-refractivity contribution >= 4 is 11.4 Å². The standard InChI is InChI=1S/C12H17N3O2/c1-9-4-2-6-11(12(9)15(16)17)14-7-3-5-10(14)8-13/h2,4,6,10H,3,5,7-8,13H2,1H3. The highest BCUT2D eigenvalue weighted by Gasteiger charge is 2.29. The Labute approximate surface area is 100 Å². The summed E-state index contributed by atoms with van der Waals surface area (Å²) < 4.78 is 0. The zero-order valence-corrected chi connectivity index (χ0v) is 9.93. The van der Waals surface area contributed by atoms with Crippen LogP contribution in [0.15, 0.2) is 18.2 Å². The molecule has 0 aromatic heterocycles. The molecule has 0 radical (unpaired) electrons. The van der Waals surface area contributed by atoms with Crippen LogP contribution in [0.1, 0.15) is 18.4 Å². The predicted octanol–water partition coefficient (Wildman–Crippen LogP) is 1.83. The fraction of sp³-hybridized carbons (Fsp3) is 0.500. The van der Waals surface area contributed by atoms with E-state index in [1.165, 1.54) is 0 Å². The van der Waals surface area contributed by atoms with Crippen LogP contribution >= 0.6 is 0 Å². The summed E-state index contributed by atoms with van der Waals surface area (Å²) in [7, 11) is 0. The van der Waals surface area contributed by atoms with Gasteiger partial charge >= 0.3 is 0 Å². The van der Waals surface area contributed by atoms with Crippen molar-refractivity contribution in [1.82, 2.24) is 0 Å². The number of hydrogen-bond acceptors (Lipinski definition) is 4. The molecule has 1 aromatic rings. The summed E-state index contributed by atoms with van der Waals surface area (Å²) in [5, 5.41) is 11.1. The van der Waals surface area contributed by atoms with Gasteiger partial charge in [-0.15, -0.1) is 0 Å². The van der Waals surface area contributed by atoms with Crippen molar-refractivity contribution in [3.8, 4) is 0 Å². The lowest BCUT2D eigenvalue weighted by Gasteiger charge is -2.25. The number of para-hydroxylation sites is 1. The molecule has 1 aliphatic rings. The Morgan fingerprint density at radius 3 is 3.00 bits per heavy atom. The highest BCUT2D eigenvalue weighted by molar-refractivity contribution is 5.67. The summed E-state index contributed by atoms with van der Waals surface area (Å²) in [6, 6.07) is 5.69. The average molecular weight is 235 g/mol. The number of rotatable bonds is 3. The summed E-state index contributed by atoms with van der Waals surface area (Å²) in [6.07, 6.45) is 2.06. The van der Waals surface area contributed by atoms with Crippen LogP contribution in [0, 0.1) is 17.0 Å². The third-order valence-corrected chi connectivity index (χ3v) is 3.36. The lowest BCUT2D eigenvalue weighted by Crippen LogP contribution is -2.35. The molecule has 0 saturated carbocycles. The van der Waals surface area contributed by atoms with Gasteiger partial charge in [0.15, 0.2) is 0 Å². The van der Waals surface area contributed by atoms with E-state index < -0.39 is 0 Å². The molecular formula is C12H17N3O2. The van der Waals surface area contributed by atoms with E-state index in [0.717, 1.165) is 19.4 Å². The van der Waals surface area contributed by atoms with Gasteiger partial charge in [0, 0.05) is 24.7 Å². The Morgan fingerprint density at radius 2 is 2.35 bits per heavy atom. The van der Waals surface area contributed by atoms with E-state index in [-0.39, 0.29) is 16.7 Å². The average Bonchev–Trinajstić information content (AvgIpc) is 2.75. The minimum absolute atomic E-state index is 0.216. The number of nitrogens with zero attached hydrogens (tertiary/aromatic N) is 2. The highest BCUT2D eigenvalue weighted by Crippen LogP contribution is 2.35. The molecule has 5 heteroatoms. The van der Waals surface area contributed by atoms with Crippen LogP contribution in [-0.2, 0) is 0 Å². The van der Waals surface area contributed by atoms with E-state index in [0.29, 0.717) is 17.8 Å². The second-order valence-electron chi connectivity index (χ2n) is 4.42. The molecule has 0 aliphatic carbocycles. The van der Waals surface area contributed by atoms with Crippen molar-refractivity contribution in [3.63, 3.8) is 0 Å². The topological polar surface area (TPSA) is 72.4 Å². The van der Waals surface area contributed by atoms with Gasteiger partial charge in [-0.1, -0.05) is 12.1 Å². The van der Waals surface area contributed by atoms with Crippen molar-refractivity contribution in [1.29, 1.82) is 0 Å². The van der Waals surface area contributed by atoms with Gasteiger partial charge < -0.3 is 10.6 Å². The van der Waals surface area contributed by atoms with Gasteiger partial charge in [-0.25, -0.2) is 0 Å². The maximum Gasteiger partial charge on any atom is 0.295 e. The molecule has 1 fully saturated rings. The minimum atomic E-state index is -0.295. The smallest absolute Gasteiger partial charge is 0.295 e. The summed E-state index contributed by atoms with van der Waals surface area (Å²) in [4.78, 5) is 12.9. The van der Waals surface area contributed by atoms with Gasteiger partial charge in [-0.2, -0.15) is 0 Å². The monoisotopic (exact) mass is 235 g/mol. The quantitative estimate of drug-likeness (QED) is 0.640. The Kier molecular flexibility index (Phi) is 3.28. The zero-order valence-electron chi connectivity index (χ0n) is 9.93. The van der Waals surface area contributed by atoms with E-state index in [2.05, 4.69) is 4.90 Å². The maximum atomic E-state index is 11.1. The predicted molar refractivity (Wildman–Crippen MR) is 67.3 cm³/mol. The molecule has 0 bridgehead atoms. The van der Waals surface area contributed by atoms with Gasteiger partial charge in [0.25, 0.3) is 5.69 Å². The molecule has 2 rings (SSSR count). The molecular weight excluding hydrogens is 218 g/mol. The number of anilines is 1. The number of benzene rings is 1. The minimum Gasteiger partial charge on any atom is -0.362 e. The molecule has 1 unspecified atom stereocenters. The van der Waals surface area contributed by atoms with Crippen LogP contribution in [-0.4, -0.2) is 24.1 Å². The first-order valence-electron chi connectivity index (χ1n) is 5.86. The largest absolute Gasteiger partial charge is 0.362 e. The normalized spacial score (nSPS) is 19.6. The first-order valence-corrected chi connectivity index (χ1v) is 5.86. The Hall–Kier alpha value is -1.62. The van der Waals surface area contributed by atoms with Gasteiger partial charge in [0.1, 0.15) is 5.69 Å².